The van der Waals surface area contributed by atoms with Crippen LogP contribution in [-0.4, -0.2) is 15.0 Å². The van der Waals surface area contributed by atoms with Crippen LogP contribution in [0.25, 0.3) is 0 Å². The number of aromatic nitrogens is 3. The van der Waals surface area contributed by atoms with Crippen LogP contribution in [0, 0.1) is 0 Å². The van der Waals surface area contributed by atoms with Crippen LogP contribution in [0.1, 0.15) is 30.3 Å². The highest BCUT2D eigenvalue weighted by molar-refractivity contribution is 7.09. The molecule has 17 heavy (non-hydrogen) atoms. The molecule has 0 saturated carbocycles. The summed E-state index contributed by atoms with van der Waals surface area (Å²) in [5.74, 6) is 1.07. The summed E-state index contributed by atoms with van der Waals surface area (Å²) in [4.78, 5) is 12.4. The molecule has 0 unspecified atom stereocenters. The first-order valence-corrected chi connectivity index (χ1v) is 6.57. The van der Waals surface area contributed by atoms with Crippen molar-refractivity contribution in [2.24, 2.45) is 0 Å². The summed E-state index contributed by atoms with van der Waals surface area (Å²) in [6.07, 6.45) is 3.26. The van der Waals surface area contributed by atoms with E-state index in [1.165, 1.54) is 6.33 Å². The van der Waals surface area contributed by atoms with E-state index in [-0.39, 0.29) is 5.92 Å². The van der Waals surface area contributed by atoms with Gasteiger partial charge in [0.1, 0.15) is 22.3 Å². The molecule has 0 aliphatic heterocycles. The Balaban J connectivity index is 2.18. The molecule has 0 aliphatic carbocycles. The fourth-order valence-corrected chi connectivity index (χ4v) is 2.43. The van der Waals surface area contributed by atoms with Gasteiger partial charge in [-0.3, -0.25) is 0 Å². The molecule has 0 aliphatic rings. The standard InChI is InChI=1S/C11H13ClN4S/c1-7(2)9-10(12)15-6-16-11(9)14-5-8-13-3-4-17-8/h3-4,6-7H,5H2,1-2H3,(H,14,15,16). The molecule has 0 spiro atoms. The molecule has 90 valence electrons. The van der Waals surface area contributed by atoms with E-state index in [4.69, 9.17) is 11.6 Å². The van der Waals surface area contributed by atoms with Crippen molar-refractivity contribution in [1.29, 1.82) is 0 Å². The second kappa shape index (κ2) is 5.42. The lowest BCUT2D eigenvalue weighted by Crippen LogP contribution is -2.06. The fourth-order valence-electron chi connectivity index (χ4n) is 1.53. The predicted molar refractivity (Wildman–Crippen MR) is 70.6 cm³/mol. The zero-order chi connectivity index (χ0) is 12.3. The van der Waals surface area contributed by atoms with E-state index < -0.39 is 0 Å². The second-order valence-electron chi connectivity index (χ2n) is 3.86. The highest BCUT2D eigenvalue weighted by Gasteiger charge is 2.13. The van der Waals surface area contributed by atoms with Gasteiger partial charge >= 0.3 is 0 Å². The maximum Gasteiger partial charge on any atom is 0.138 e. The van der Waals surface area contributed by atoms with Gasteiger partial charge in [0.15, 0.2) is 0 Å². The summed E-state index contributed by atoms with van der Waals surface area (Å²) >= 11 is 7.69. The van der Waals surface area contributed by atoms with E-state index in [1.54, 1.807) is 17.5 Å². The minimum absolute atomic E-state index is 0.280. The molecule has 0 radical (unpaired) electrons. The van der Waals surface area contributed by atoms with E-state index in [9.17, 15) is 0 Å². The van der Waals surface area contributed by atoms with Crippen molar-refractivity contribution >= 4 is 28.8 Å². The Kier molecular flexibility index (Phi) is 3.91. The van der Waals surface area contributed by atoms with Crippen LogP contribution in [0.3, 0.4) is 0 Å². The summed E-state index contributed by atoms with van der Waals surface area (Å²) in [6, 6.07) is 0. The van der Waals surface area contributed by atoms with Gasteiger partial charge in [-0.25, -0.2) is 15.0 Å². The van der Waals surface area contributed by atoms with Crippen molar-refractivity contribution < 1.29 is 0 Å². The highest BCUT2D eigenvalue weighted by Crippen LogP contribution is 2.28. The van der Waals surface area contributed by atoms with Crippen LogP contribution in [0.2, 0.25) is 5.15 Å². The lowest BCUT2D eigenvalue weighted by Gasteiger charge is -2.13. The number of hydrogen-bond acceptors (Lipinski definition) is 5. The van der Waals surface area contributed by atoms with Gasteiger partial charge in [-0.1, -0.05) is 25.4 Å². The maximum atomic E-state index is 6.08. The average Bonchev–Trinajstić information content (AvgIpc) is 2.78. The van der Waals surface area contributed by atoms with Crippen LogP contribution in [-0.2, 0) is 6.54 Å². The summed E-state index contributed by atoms with van der Waals surface area (Å²) in [6.45, 7) is 4.79. The molecule has 0 amide bonds. The van der Waals surface area contributed by atoms with Crippen molar-refractivity contribution in [1.82, 2.24) is 15.0 Å². The zero-order valence-corrected chi connectivity index (χ0v) is 11.2. The number of hydrogen-bond donors (Lipinski definition) is 1. The molecule has 4 nitrogen and oxygen atoms in total. The van der Waals surface area contributed by atoms with Crippen molar-refractivity contribution in [3.63, 3.8) is 0 Å². The number of anilines is 1. The third-order valence-corrected chi connectivity index (χ3v) is 3.38. The summed E-state index contributed by atoms with van der Waals surface area (Å²) in [7, 11) is 0. The summed E-state index contributed by atoms with van der Waals surface area (Å²) < 4.78 is 0. The lowest BCUT2D eigenvalue weighted by atomic mass is 10.1. The number of halogens is 1. The average molecular weight is 269 g/mol. The van der Waals surface area contributed by atoms with Crippen LogP contribution in [0.5, 0.6) is 0 Å². The molecule has 0 aromatic carbocycles. The number of nitrogens with zero attached hydrogens (tertiary/aromatic N) is 3. The van der Waals surface area contributed by atoms with Gasteiger partial charge in [-0.15, -0.1) is 11.3 Å². The Morgan fingerprint density at radius 1 is 1.35 bits per heavy atom. The highest BCUT2D eigenvalue weighted by atomic mass is 35.5. The largest absolute Gasteiger partial charge is 0.363 e. The minimum Gasteiger partial charge on any atom is -0.363 e. The van der Waals surface area contributed by atoms with Crippen LogP contribution >= 0.6 is 22.9 Å². The Morgan fingerprint density at radius 2 is 2.18 bits per heavy atom. The number of rotatable bonds is 4. The summed E-state index contributed by atoms with van der Waals surface area (Å²) in [5, 5.41) is 6.74. The van der Waals surface area contributed by atoms with Gasteiger partial charge in [0.05, 0.1) is 6.54 Å². The van der Waals surface area contributed by atoms with Crippen LogP contribution < -0.4 is 5.32 Å². The van der Waals surface area contributed by atoms with Gasteiger partial charge in [-0.2, -0.15) is 0 Å². The first-order valence-electron chi connectivity index (χ1n) is 5.31. The molecule has 1 N–H and O–H groups in total. The third-order valence-electron chi connectivity index (χ3n) is 2.30. The molecule has 6 heteroatoms. The number of thiazole rings is 1. The van der Waals surface area contributed by atoms with E-state index in [1.807, 2.05) is 5.38 Å². The molecular formula is C11H13ClN4S. The molecule has 0 saturated heterocycles. The van der Waals surface area contributed by atoms with Gasteiger partial charge in [-0.05, 0) is 5.92 Å². The summed E-state index contributed by atoms with van der Waals surface area (Å²) in [5.41, 5.74) is 0.950. The smallest absolute Gasteiger partial charge is 0.138 e. The first-order chi connectivity index (χ1) is 8.18. The third kappa shape index (κ3) is 2.92. The molecule has 0 atom stereocenters. The zero-order valence-electron chi connectivity index (χ0n) is 9.64. The molecule has 2 aromatic rings. The quantitative estimate of drug-likeness (QED) is 0.865. The molecule has 2 aromatic heterocycles. The monoisotopic (exact) mass is 268 g/mol. The van der Waals surface area contributed by atoms with E-state index in [2.05, 4.69) is 34.1 Å². The van der Waals surface area contributed by atoms with Crippen molar-refractivity contribution in [3.8, 4) is 0 Å². The lowest BCUT2D eigenvalue weighted by molar-refractivity contribution is 0.844. The predicted octanol–water partition coefficient (Wildman–Crippen LogP) is 3.32. The Hall–Kier alpha value is -1.20. The maximum absolute atomic E-state index is 6.08. The van der Waals surface area contributed by atoms with Gasteiger partial charge in [0, 0.05) is 17.1 Å². The fraction of sp³-hybridized carbons (Fsp3) is 0.364. The Bertz CT molecular complexity index is 484. The van der Waals surface area contributed by atoms with Gasteiger partial charge < -0.3 is 5.32 Å². The van der Waals surface area contributed by atoms with Gasteiger partial charge in [0.25, 0.3) is 0 Å². The normalized spacial score (nSPS) is 10.8. The molecule has 2 rings (SSSR count). The Labute approximate surface area is 109 Å². The van der Waals surface area contributed by atoms with Crippen molar-refractivity contribution in [2.75, 3.05) is 5.32 Å². The molecule has 0 fully saturated rings. The van der Waals surface area contributed by atoms with Crippen LogP contribution in [0.15, 0.2) is 17.9 Å². The Morgan fingerprint density at radius 3 is 2.82 bits per heavy atom. The molecule has 2 heterocycles. The SMILES string of the molecule is CC(C)c1c(Cl)ncnc1NCc1nccs1. The van der Waals surface area contributed by atoms with Crippen molar-refractivity contribution in [3.05, 3.63) is 33.6 Å². The van der Waals surface area contributed by atoms with Crippen molar-refractivity contribution in [2.45, 2.75) is 26.3 Å². The number of nitrogens with one attached hydrogen (secondary N) is 1. The van der Waals surface area contributed by atoms with Gasteiger partial charge in [0.2, 0.25) is 0 Å². The van der Waals surface area contributed by atoms with E-state index in [0.717, 1.165) is 16.4 Å². The minimum atomic E-state index is 0.280. The molecular weight excluding hydrogens is 256 g/mol. The van der Waals surface area contributed by atoms with E-state index >= 15 is 0 Å². The van der Waals surface area contributed by atoms with E-state index in [0.29, 0.717) is 11.7 Å². The van der Waals surface area contributed by atoms with Crippen LogP contribution in [0.4, 0.5) is 5.82 Å². The second-order valence-corrected chi connectivity index (χ2v) is 5.20. The topological polar surface area (TPSA) is 50.7 Å². The molecule has 0 bridgehead atoms. The first kappa shape index (κ1) is 12.3.